The van der Waals surface area contributed by atoms with E-state index in [1.807, 2.05) is 18.2 Å². The number of pyridine rings is 2. The Kier molecular flexibility index (Phi) is 6.60. The quantitative estimate of drug-likeness (QED) is 0.455. The number of hydrogen-bond donors (Lipinski definition) is 2. The molecule has 0 fully saturated rings. The molecule has 1 aromatic carbocycles. The Morgan fingerprint density at radius 1 is 1.03 bits per heavy atom. The zero-order chi connectivity index (χ0) is 25.3. The van der Waals surface area contributed by atoms with Crippen LogP contribution in [0, 0.1) is 0 Å². The van der Waals surface area contributed by atoms with Gasteiger partial charge in [-0.2, -0.15) is 13.2 Å². The zero-order valence-electron chi connectivity index (χ0n) is 19.9. The summed E-state index contributed by atoms with van der Waals surface area (Å²) in [7, 11) is 1.48. The topological polar surface area (TPSA) is 67.3 Å². The van der Waals surface area contributed by atoms with Gasteiger partial charge < -0.3 is 15.2 Å². The summed E-state index contributed by atoms with van der Waals surface area (Å²) in [5, 5.41) is 14.1. The fourth-order valence-electron chi connectivity index (χ4n) is 4.64. The molecule has 0 saturated carbocycles. The average Bonchev–Trinajstić information content (AvgIpc) is 2.83. The van der Waals surface area contributed by atoms with E-state index in [0.29, 0.717) is 23.6 Å². The highest BCUT2D eigenvalue weighted by Crippen LogP contribution is 2.47. The summed E-state index contributed by atoms with van der Waals surface area (Å²) in [6.07, 6.45) is 2.27. The smallest absolute Gasteiger partial charge is 0.417 e. The summed E-state index contributed by atoms with van der Waals surface area (Å²) in [6, 6.07) is 10.8. The molecule has 3 aromatic rings. The number of nitrogens with one attached hydrogen (secondary N) is 1. The monoisotopic (exact) mass is 483 g/mol. The lowest BCUT2D eigenvalue weighted by Gasteiger charge is -2.39. The summed E-state index contributed by atoms with van der Waals surface area (Å²) < 4.78 is 48.6. The first kappa shape index (κ1) is 24.7. The maximum atomic E-state index is 14.4. The molecule has 0 bridgehead atoms. The number of methoxy groups -OCH3 is 1. The molecule has 8 heteroatoms. The van der Waals surface area contributed by atoms with Gasteiger partial charge in [-0.25, -0.2) is 0 Å². The summed E-state index contributed by atoms with van der Waals surface area (Å²) in [5.74, 6) is 0.462. The van der Waals surface area contributed by atoms with Gasteiger partial charge in [0.1, 0.15) is 5.75 Å². The molecule has 2 aromatic heterocycles. The summed E-state index contributed by atoms with van der Waals surface area (Å²) in [5.41, 5.74) is 0.191. The van der Waals surface area contributed by atoms with E-state index in [4.69, 9.17) is 4.74 Å². The lowest BCUT2D eigenvalue weighted by atomic mass is 9.72. The second-order valence-electron chi connectivity index (χ2n) is 9.52. The van der Waals surface area contributed by atoms with Gasteiger partial charge in [-0.3, -0.25) is 9.97 Å². The second kappa shape index (κ2) is 9.34. The molecule has 1 atom stereocenters. The lowest BCUT2D eigenvalue weighted by molar-refractivity contribution is -0.266. The number of aliphatic hydroxyl groups is 1. The Morgan fingerprint density at radius 3 is 2.49 bits per heavy atom. The molecule has 1 aliphatic heterocycles. The predicted molar refractivity (Wildman–Crippen MR) is 129 cm³/mol. The molecule has 3 heterocycles. The van der Waals surface area contributed by atoms with E-state index < -0.39 is 30.0 Å². The molecule has 0 spiro atoms. The van der Waals surface area contributed by atoms with Gasteiger partial charge in [0, 0.05) is 54.6 Å². The number of nitrogens with zero attached hydrogens (tertiary/aromatic N) is 2. The van der Waals surface area contributed by atoms with E-state index in [9.17, 15) is 18.3 Å². The first-order chi connectivity index (χ1) is 16.5. The minimum Gasteiger partial charge on any atom is -0.496 e. The van der Waals surface area contributed by atoms with Gasteiger partial charge in [-0.1, -0.05) is 26.0 Å². The van der Waals surface area contributed by atoms with Crippen LogP contribution in [-0.4, -0.2) is 34.0 Å². The number of halogens is 3. The highest BCUT2D eigenvalue weighted by Gasteiger charge is 2.56. The van der Waals surface area contributed by atoms with Crippen LogP contribution in [0.3, 0.4) is 0 Å². The Bertz CT molecular complexity index is 1230. The number of ether oxygens (including phenoxy) is 1. The SMILES string of the molecule is COc1ccc(-c2cccnc2)cc1C(C)(C)CC(O)(CC1=Cc2ccncc2CN1)C(F)(F)F. The van der Waals surface area contributed by atoms with Crippen molar-refractivity contribution in [3.05, 3.63) is 83.6 Å². The number of fused-ring (bicyclic) bond motifs is 1. The Hall–Kier alpha value is -3.39. The first-order valence-electron chi connectivity index (χ1n) is 11.3. The van der Waals surface area contributed by atoms with Crippen LogP contribution in [0.1, 0.15) is 43.4 Å². The maximum absolute atomic E-state index is 14.4. The van der Waals surface area contributed by atoms with Crippen LogP contribution in [0.5, 0.6) is 5.75 Å². The average molecular weight is 484 g/mol. The van der Waals surface area contributed by atoms with Crippen molar-refractivity contribution < 1.29 is 23.0 Å². The van der Waals surface area contributed by atoms with Gasteiger partial charge in [-0.15, -0.1) is 0 Å². The van der Waals surface area contributed by atoms with Gasteiger partial charge in [0.2, 0.25) is 0 Å². The van der Waals surface area contributed by atoms with E-state index in [1.165, 1.54) is 7.11 Å². The molecule has 4 rings (SSSR count). The molecular formula is C27H28F3N3O2. The molecule has 5 nitrogen and oxygen atoms in total. The number of aromatic nitrogens is 2. The largest absolute Gasteiger partial charge is 0.496 e. The number of alkyl halides is 3. The fraction of sp³-hybridized carbons (Fsp3) is 0.333. The number of hydrogen-bond acceptors (Lipinski definition) is 5. The van der Waals surface area contributed by atoms with E-state index >= 15 is 0 Å². The molecule has 0 amide bonds. The fourth-order valence-corrected chi connectivity index (χ4v) is 4.64. The van der Waals surface area contributed by atoms with Gasteiger partial charge in [0.05, 0.1) is 7.11 Å². The predicted octanol–water partition coefficient (Wildman–Crippen LogP) is 5.65. The van der Waals surface area contributed by atoms with Crippen LogP contribution in [0.2, 0.25) is 0 Å². The molecule has 0 saturated heterocycles. The summed E-state index contributed by atoms with van der Waals surface area (Å²) in [6.45, 7) is 3.74. The molecule has 35 heavy (non-hydrogen) atoms. The van der Waals surface area contributed by atoms with E-state index in [1.54, 1.807) is 62.9 Å². The number of rotatable bonds is 7. The summed E-state index contributed by atoms with van der Waals surface area (Å²) in [4.78, 5) is 8.18. The van der Waals surface area contributed by atoms with Crippen LogP contribution in [-0.2, 0) is 12.0 Å². The lowest BCUT2D eigenvalue weighted by Crippen LogP contribution is -2.50. The van der Waals surface area contributed by atoms with Crippen molar-refractivity contribution in [3.63, 3.8) is 0 Å². The third kappa shape index (κ3) is 5.17. The Morgan fingerprint density at radius 2 is 1.80 bits per heavy atom. The van der Waals surface area contributed by atoms with Crippen LogP contribution in [0.15, 0.2) is 66.9 Å². The summed E-state index contributed by atoms with van der Waals surface area (Å²) >= 11 is 0. The van der Waals surface area contributed by atoms with E-state index in [0.717, 1.165) is 22.3 Å². The van der Waals surface area contributed by atoms with Crippen LogP contribution in [0.25, 0.3) is 17.2 Å². The molecule has 0 aliphatic carbocycles. The highest BCUT2D eigenvalue weighted by molar-refractivity contribution is 5.65. The normalized spacial score (nSPS) is 15.5. The molecule has 2 N–H and O–H groups in total. The second-order valence-corrected chi connectivity index (χ2v) is 9.52. The molecule has 184 valence electrons. The highest BCUT2D eigenvalue weighted by atomic mass is 19.4. The molecule has 1 aliphatic rings. The molecular weight excluding hydrogens is 455 g/mol. The van der Waals surface area contributed by atoms with E-state index in [2.05, 4.69) is 15.3 Å². The van der Waals surface area contributed by atoms with Crippen molar-refractivity contribution in [1.82, 2.24) is 15.3 Å². The van der Waals surface area contributed by atoms with Gasteiger partial charge in [0.25, 0.3) is 0 Å². The Labute approximate surface area is 202 Å². The minimum absolute atomic E-state index is 0.329. The zero-order valence-corrected chi connectivity index (χ0v) is 19.9. The third-order valence-electron chi connectivity index (χ3n) is 6.45. The maximum Gasteiger partial charge on any atom is 0.417 e. The van der Waals surface area contributed by atoms with Crippen molar-refractivity contribution in [3.8, 4) is 16.9 Å². The van der Waals surface area contributed by atoms with Crippen molar-refractivity contribution in [1.29, 1.82) is 0 Å². The first-order valence-corrected chi connectivity index (χ1v) is 11.3. The van der Waals surface area contributed by atoms with Crippen LogP contribution >= 0.6 is 0 Å². The molecule has 1 unspecified atom stereocenters. The van der Waals surface area contributed by atoms with Crippen LogP contribution < -0.4 is 10.1 Å². The van der Waals surface area contributed by atoms with Gasteiger partial charge >= 0.3 is 6.18 Å². The van der Waals surface area contributed by atoms with Crippen molar-refractivity contribution in [2.75, 3.05) is 7.11 Å². The van der Waals surface area contributed by atoms with E-state index in [-0.39, 0.29) is 0 Å². The minimum atomic E-state index is -4.85. The van der Waals surface area contributed by atoms with Crippen molar-refractivity contribution >= 4 is 6.08 Å². The van der Waals surface area contributed by atoms with Crippen LogP contribution in [0.4, 0.5) is 13.2 Å². The van der Waals surface area contributed by atoms with Crippen molar-refractivity contribution in [2.24, 2.45) is 0 Å². The van der Waals surface area contributed by atoms with Crippen molar-refractivity contribution in [2.45, 2.75) is 50.4 Å². The Balaban J connectivity index is 1.69. The molecule has 0 radical (unpaired) electrons. The number of benzene rings is 1. The van der Waals surface area contributed by atoms with Gasteiger partial charge in [-0.05, 0) is 58.9 Å². The third-order valence-corrected chi connectivity index (χ3v) is 6.45. The van der Waals surface area contributed by atoms with Gasteiger partial charge in [0.15, 0.2) is 5.60 Å². The standard InChI is InChI=1S/C27H28F3N3O2/c1-25(2,23-12-18(6-7-24(23)35-3)20-5-4-9-31-14-20)17-26(34,27(28,29)30)13-22-11-19-8-10-32-15-21(19)16-33-22/h4-12,14-15,33-34H,13,16-17H2,1-3H3.